The highest BCUT2D eigenvalue weighted by molar-refractivity contribution is 7.89. The van der Waals surface area contributed by atoms with Gasteiger partial charge < -0.3 is 26.2 Å². The summed E-state index contributed by atoms with van der Waals surface area (Å²) in [5.74, 6) is -1.96. The highest BCUT2D eigenvalue weighted by Crippen LogP contribution is 2.65. The first-order chi connectivity index (χ1) is 23.8. The van der Waals surface area contributed by atoms with E-state index in [0.29, 0.717) is 25.8 Å². The van der Waals surface area contributed by atoms with Gasteiger partial charge in [0, 0.05) is 25.7 Å². The topological polar surface area (TPSA) is 174 Å². The van der Waals surface area contributed by atoms with Crippen LogP contribution in [0.5, 0.6) is 0 Å². The Morgan fingerprint density at radius 1 is 0.922 bits per heavy atom. The first-order valence-corrected chi connectivity index (χ1v) is 20.8. The molecule has 2 unspecified atom stereocenters. The van der Waals surface area contributed by atoms with Crippen molar-refractivity contribution in [2.24, 2.45) is 28.6 Å². The number of hydrogen-bond acceptors (Lipinski definition) is 7. The van der Waals surface area contributed by atoms with Gasteiger partial charge in [-0.3, -0.25) is 19.2 Å². The molecule has 1 saturated heterocycles. The third-order valence-electron chi connectivity index (χ3n) is 13.0. The van der Waals surface area contributed by atoms with E-state index in [1.165, 1.54) is 4.31 Å². The summed E-state index contributed by atoms with van der Waals surface area (Å²) in [4.78, 5) is 70.3. The molecule has 5 saturated carbocycles. The zero-order valence-electron chi connectivity index (χ0n) is 31.5. The molecule has 286 valence electrons. The Hall–Kier alpha value is -2.74. The van der Waals surface area contributed by atoms with Crippen LogP contribution in [0.15, 0.2) is 0 Å². The minimum Gasteiger partial charge on any atom is -0.347 e. The van der Waals surface area contributed by atoms with Crippen LogP contribution in [0.1, 0.15) is 119 Å². The maximum absolute atomic E-state index is 14.6. The van der Waals surface area contributed by atoms with Gasteiger partial charge in [0.05, 0.1) is 16.8 Å². The van der Waals surface area contributed by atoms with Crippen LogP contribution in [0.2, 0.25) is 0 Å². The van der Waals surface area contributed by atoms with Crippen molar-refractivity contribution in [1.82, 2.24) is 30.5 Å². The van der Waals surface area contributed by atoms with Crippen LogP contribution in [0.4, 0.5) is 4.79 Å². The fraction of sp³-hybridized carbons (Fsp3) is 0.865. The van der Waals surface area contributed by atoms with Crippen LogP contribution in [0.25, 0.3) is 0 Å². The lowest BCUT2D eigenvalue weighted by Crippen LogP contribution is -2.66. The van der Waals surface area contributed by atoms with Gasteiger partial charge in [-0.05, 0) is 80.5 Å². The van der Waals surface area contributed by atoms with Crippen molar-refractivity contribution in [1.29, 1.82) is 0 Å². The molecule has 4 N–H and O–H groups in total. The monoisotopic (exact) mass is 732 g/mol. The molecular formula is C37H60N6O7S. The van der Waals surface area contributed by atoms with E-state index in [9.17, 15) is 32.4 Å². The van der Waals surface area contributed by atoms with Crippen molar-refractivity contribution in [3.8, 4) is 0 Å². The van der Waals surface area contributed by atoms with Crippen molar-refractivity contribution in [2.45, 2.75) is 160 Å². The van der Waals surface area contributed by atoms with E-state index in [2.05, 4.69) is 35.1 Å². The van der Waals surface area contributed by atoms with Gasteiger partial charge in [0.25, 0.3) is 5.91 Å². The molecule has 51 heavy (non-hydrogen) atoms. The van der Waals surface area contributed by atoms with E-state index in [1.807, 2.05) is 20.8 Å². The molecule has 6 rings (SSSR count). The fourth-order valence-corrected chi connectivity index (χ4v) is 10.8. The molecule has 0 aromatic carbocycles. The molecule has 6 aliphatic rings. The number of carbonyl (C=O) groups is 5. The Labute approximate surface area is 303 Å². The second kappa shape index (κ2) is 13.6. The zero-order chi connectivity index (χ0) is 37.3. The number of sulfonamides is 1. The molecule has 14 heteroatoms. The second-order valence-electron chi connectivity index (χ2n) is 18.3. The molecule has 1 aliphatic heterocycles. The predicted molar refractivity (Wildman–Crippen MR) is 192 cm³/mol. The maximum Gasteiger partial charge on any atom is 0.315 e. The quantitative estimate of drug-likeness (QED) is 0.199. The molecule has 1 heterocycles. The SMILES string of the molecule is C[C@@H](C1(NC(=O)N[C@H](C(=O)N2CC3C([C@H]2C(=O)N[C@@H](CC2CC2)C(=O)C(=O)NC2CC2)C3(C)C)C(C)(C)C)CCCCC1)S(=O)(=O)N(C)C1CC1. The molecule has 0 spiro atoms. The lowest BCUT2D eigenvalue weighted by molar-refractivity contribution is -0.145. The summed E-state index contributed by atoms with van der Waals surface area (Å²) in [6.45, 7) is 11.7. The highest BCUT2D eigenvalue weighted by atomic mass is 32.2. The van der Waals surface area contributed by atoms with E-state index < -0.39 is 73.9 Å². The summed E-state index contributed by atoms with van der Waals surface area (Å²) in [7, 11) is -2.08. The average Bonchev–Trinajstić information content (AvgIpc) is 3.86. The molecule has 5 aliphatic carbocycles. The fourth-order valence-electron chi connectivity index (χ4n) is 8.84. The summed E-state index contributed by atoms with van der Waals surface area (Å²) in [6.07, 6.45) is 9.17. The molecule has 6 fully saturated rings. The first kappa shape index (κ1) is 38.0. The lowest BCUT2D eigenvalue weighted by Gasteiger charge is -2.44. The smallest absolute Gasteiger partial charge is 0.315 e. The number of likely N-dealkylation sites (tertiary alicyclic amines) is 1. The van der Waals surface area contributed by atoms with Crippen molar-refractivity contribution >= 4 is 39.6 Å². The Bertz CT molecular complexity index is 1520. The number of nitrogens with one attached hydrogen (secondary N) is 4. The summed E-state index contributed by atoms with van der Waals surface area (Å²) in [5.41, 5.74) is -1.94. The molecule has 5 amide bonds. The van der Waals surface area contributed by atoms with E-state index in [0.717, 1.165) is 57.8 Å². The van der Waals surface area contributed by atoms with E-state index >= 15 is 0 Å². The van der Waals surface area contributed by atoms with Gasteiger partial charge in [-0.2, -0.15) is 0 Å². The molecule has 0 bridgehead atoms. The Kier molecular flexibility index (Phi) is 10.1. The van der Waals surface area contributed by atoms with Crippen LogP contribution < -0.4 is 21.3 Å². The van der Waals surface area contributed by atoms with Crippen LogP contribution in [-0.4, -0.2) is 102 Å². The van der Waals surface area contributed by atoms with E-state index in [-0.39, 0.29) is 35.3 Å². The number of nitrogens with zero attached hydrogens (tertiary/aromatic N) is 2. The van der Waals surface area contributed by atoms with Gasteiger partial charge >= 0.3 is 6.03 Å². The largest absolute Gasteiger partial charge is 0.347 e. The van der Waals surface area contributed by atoms with E-state index in [1.54, 1.807) is 18.9 Å². The number of hydrogen-bond donors (Lipinski definition) is 4. The van der Waals surface area contributed by atoms with Crippen LogP contribution in [-0.2, 0) is 29.2 Å². The van der Waals surface area contributed by atoms with Crippen molar-refractivity contribution in [3.63, 3.8) is 0 Å². The molecule has 13 nitrogen and oxygen atoms in total. The molecule has 0 aromatic rings. The average molecular weight is 733 g/mol. The number of Topliss-reactive ketones (excluding diaryl/α,β-unsaturated/α-hetero) is 1. The molecule has 0 aromatic heterocycles. The van der Waals surface area contributed by atoms with Crippen LogP contribution >= 0.6 is 0 Å². The lowest BCUT2D eigenvalue weighted by atomic mass is 9.79. The standard InChI is InChI=1S/C37H60N6O7S/c1-21(51(49,50)42(7)24-15-16-24)37(17-9-8-10-18-37)41-34(48)40-30(35(2,3)4)33(47)43-20-25-27(36(25,5)6)28(43)31(45)39-26(19-22-11-12-22)29(44)32(46)38-23-13-14-23/h21-28,30H,8-20H2,1-7H3,(H,38,46)(H,39,45)(H2,40,41,48)/t21-,25?,26-,27?,28-,30+/m0/s1. The predicted octanol–water partition coefficient (Wildman–Crippen LogP) is 2.83. The second-order valence-corrected chi connectivity index (χ2v) is 20.6. The first-order valence-electron chi connectivity index (χ1n) is 19.3. The molecule has 6 atom stereocenters. The summed E-state index contributed by atoms with van der Waals surface area (Å²) in [5, 5.41) is 10.8. The number of piperidine rings is 1. The summed E-state index contributed by atoms with van der Waals surface area (Å²) < 4.78 is 28.9. The summed E-state index contributed by atoms with van der Waals surface area (Å²) in [6, 6.07) is -3.45. The molecular weight excluding hydrogens is 673 g/mol. The van der Waals surface area contributed by atoms with Gasteiger partial charge in [-0.25, -0.2) is 17.5 Å². The number of rotatable bonds is 14. The van der Waals surface area contributed by atoms with Gasteiger partial charge in [0.1, 0.15) is 12.1 Å². The number of ketones is 1. The Morgan fingerprint density at radius 3 is 2.10 bits per heavy atom. The number of amides is 5. The van der Waals surface area contributed by atoms with Crippen LogP contribution in [0.3, 0.4) is 0 Å². The minimum atomic E-state index is -3.70. The van der Waals surface area contributed by atoms with Crippen LogP contribution in [0, 0.1) is 28.6 Å². The Morgan fingerprint density at radius 2 is 1.55 bits per heavy atom. The van der Waals surface area contributed by atoms with Crippen molar-refractivity contribution in [3.05, 3.63) is 0 Å². The van der Waals surface area contributed by atoms with Crippen molar-refractivity contribution < 1.29 is 32.4 Å². The number of carbonyl (C=O) groups excluding carboxylic acids is 5. The number of urea groups is 1. The van der Waals surface area contributed by atoms with E-state index in [4.69, 9.17) is 0 Å². The van der Waals surface area contributed by atoms with Gasteiger partial charge in [-0.15, -0.1) is 0 Å². The molecule has 0 radical (unpaired) electrons. The zero-order valence-corrected chi connectivity index (χ0v) is 32.4. The number of fused-ring (bicyclic) bond motifs is 1. The van der Waals surface area contributed by atoms with Gasteiger partial charge in [-0.1, -0.05) is 66.7 Å². The normalized spacial score (nSPS) is 28.5. The highest BCUT2D eigenvalue weighted by Gasteiger charge is 2.70. The maximum atomic E-state index is 14.6. The minimum absolute atomic E-state index is 0.00129. The third kappa shape index (κ3) is 7.82. The summed E-state index contributed by atoms with van der Waals surface area (Å²) >= 11 is 0. The Balaban J connectivity index is 1.19. The van der Waals surface area contributed by atoms with Crippen molar-refractivity contribution in [2.75, 3.05) is 13.6 Å². The third-order valence-corrected chi connectivity index (χ3v) is 15.4. The van der Waals surface area contributed by atoms with Gasteiger partial charge in [0.2, 0.25) is 27.6 Å². The van der Waals surface area contributed by atoms with Gasteiger partial charge in [0.15, 0.2) is 0 Å².